The molecule has 0 spiro atoms. The normalized spacial score (nSPS) is 27.4. The van der Waals surface area contributed by atoms with E-state index >= 15 is 0 Å². The summed E-state index contributed by atoms with van der Waals surface area (Å²) in [6.07, 6.45) is 0. The van der Waals surface area contributed by atoms with Gasteiger partial charge in [0.15, 0.2) is 0 Å². The highest BCUT2D eigenvalue weighted by Gasteiger charge is 2.49. The average molecular weight is 253 g/mol. The molecule has 2 aromatic rings. The van der Waals surface area contributed by atoms with E-state index in [0.717, 1.165) is 0 Å². The molecular formula is C16H16NP. The maximum Gasteiger partial charge on any atom is 0.0438 e. The van der Waals surface area contributed by atoms with Crippen LogP contribution in [-0.4, -0.2) is 18.8 Å². The summed E-state index contributed by atoms with van der Waals surface area (Å²) in [5.74, 6) is 0. The minimum Gasteiger partial charge on any atom is -0.287 e. The van der Waals surface area contributed by atoms with Gasteiger partial charge in [0, 0.05) is 11.3 Å². The van der Waals surface area contributed by atoms with Gasteiger partial charge in [0.05, 0.1) is 0 Å². The quantitative estimate of drug-likeness (QED) is 0.690. The zero-order valence-electron chi connectivity index (χ0n) is 10.7. The highest BCUT2D eigenvalue weighted by atomic mass is 31.1. The van der Waals surface area contributed by atoms with Gasteiger partial charge in [-0.2, -0.15) is 0 Å². The molecule has 2 heterocycles. The van der Waals surface area contributed by atoms with Crippen LogP contribution in [0.3, 0.4) is 0 Å². The van der Waals surface area contributed by atoms with Gasteiger partial charge in [-0.15, -0.1) is 0 Å². The van der Waals surface area contributed by atoms with Gasteiger partial charge >= 0.3 is 0 Å². The van der Waals surface area contributed by atoms with E-state index in [-0.39, 0.29) is 8.07 Å². The number of rotatable bonds is 1. The molecule has 2 aliphatic rings. The molecule has 0 radical (unpaired) electrons. The molecule has 2 aromatic carbocycles. The van der Waals surface area contributed by atoms with Crippen LogP contribution in [0.1, 0.15) is 33.6 Å². The topological polar surface area (TPSA) is 3.24 Å². The third-order valence-electron chi connectivity index (χ3n) is 4.16. The van der Waals surface area contributed by atoms with Crippen molar-refractivity contribution in [2.75, 3.05) is 14.1 Å². The van der Waals surface area contributed by atoms with E-state index in [9.17, 15) is 0 Å². The van der Waals surface area contributed by atoms with Crippen molar-refractivity contribution in [1.82, 2.24) is 4.67 Å². The summed E-state index contributed by atoms with van der Waals surface area (Å²) in [7, 11) is 4.34. The van der Waals surface area contributed by atoms with E-state index in [4.69, 9.17) is 0 Å². The Bertz CT molecular complexity index is 522. The van der Waals surface area contributed by atoms with Gasteiger partial charge in [-0.1, -0.05) is 48.5 Å². The van der Waals surface area contributed by atoms with Crippen molar-refractivity contribution in [2.45, 2.75) is 11.3 Å². The minimum atomic E-state index is -0.136. The molecule has 90 valence electrons. The Balaban J connectivity index is 1.99. The van der Waals surface area contributed by atoms with E-state index in [1.54, 1.807) is 22.3 Å². The summed E-state index contributed by atoms with van der Waals surface area (Å²) >= 11 is 0. The fourth-order valence-corrected chi connectivity index (χ4v) is 6.84. The van der Waals surface area contributed by atoms with Gasteiger partial charge in [-0.25, -0.2) is 0 Å². The van der Waals surface area contributed by atoms with Crippen LogP contribution < -0.4 is 0 Å². The lowest BCUT2D eigenvalue weighted by Gasteiger charge is -2.24. The van der Waals surface area contributed by atoms with Crippen molar-refractivity contribution in [2.24, 2.45) is 0 Å². The van der Waals surface area contributed by atoms with Crippen molar-refractivity contribution >= 4 is 8.07 Å². The summed E-state index contributed by atoms with van der Waals surface area (Å²) in [6.45, 7) is 0. The van der Waals surface area contributed by atoms with Crippen LogP contribution in [0.15, 0.2) is 48.5 Å². The molecular weight excluding hydrogens is 237 g/mol. The fraction of sp³-hybridized carbons (Fsp3) is 0.250. The third-order valence-corrected chi connectivity index (χ3v) is 7.26. The molecule has 0 fully saturated rings. The second-order valence-corrected chi connectivity index (χ2v) is 7.88. The Morgan fingerprint density at radius 2 is 1.06 bits per heavy atom. The number of hydrogen-bond donors (Lipinski definition) is 0. The lowest BCUT2D eigenvalue weighted by molar-refractivity contribution is 0.669. The monoisotopic (exact) mass is 253 g/mol. The Morgan fingerprint density at radius 3 is 1.33 bits per heavy atom. The van der Waals surface area contributed by atoms with Gasteiger partial charge in [-0.3, -0.25) is 4.67 Å². The van der Waals surface area contributed by atoms with Crippen LogP contribution in [0.5, 0.6) is 0 Å². The molecule has 2 aliphatic heterocycles. The SMILES string of the molecule is CN(C)P1C2c3ccccc3C1c1ccccc12. The summed E-state index contributed by atoms with van der Waals surface area (Å²) < 4.78 is 2.46. The van der Waals surface area contributed by atoms with E-state index in [0.29, 0.717) is 11.3 Å². The van der Waals surface area contributed by atoms with Gasteiger partial charge in [0.25, 0.3) is 0 Å². The molecule has 18 heavy (non-hydrogen) atoms. The highest BCUT2D eigenvalue weighted by molar-refractivity contribution is 7.57. The molecule has 0 N–H and O–H groups in total. The highest BCUT2D eigenvalue weighted by Crippen LogP contribution is 2.78. The van der Waals surface area contributed by atoms with Crippen LogP contribution in [0.4, 0.5) is 0 Å². The van der Waals surface area contributed by atoms with E-state index in [2.05, 4.69) is 67.3 Å². The minimum absolute atomic E-state index is 0.136. The van der Waals surface area contributed by atoms with E-state index < -0.39 is 0 Å². The molecule has 0 aliphatic carbocycles. The first-order valence-corrected chi connectivity index (χ1v) is 7.85. The Labute approximate surface area is 109 Å². The van der Waals surface area contributed by atoms with E-state index in [1.807, 2.05) is 0 Å². The van der Waals surface area contributed by atoms with Gasteiger partial charge in [-0.05, 0) is 44.4 Å². The summed E-state index contributed by atoms with van der Waals surface area (Å²) in [6, 6.07) is 18.1. The maximum absolute atomic E-state index is 2.46. The van der Waals surface area contributed by atoms with Crippen molar-refractivity contribution < 1.29 is 0 Å². The molecule has 2 bridgehead atoms. The smallest absolute Gasteiger partial charge is 0.0438 e. The molecule has 0 unspecified atom stereocenters. The number of hydrogen-bond acceptors (Lipinski definition) is 1. The first kappa shape index (κ1) is 10.7. The zero-order valence-corrected chi connectivity index (χ0v) is 11.6. The van der Waals surface area contributed by atoms with Crippen LogP contribution in [0, 0.1) is 0 Å². The number of benzene rings is 2. The first-order chi connectivity index (χ1) is 8.79. The van der Waals surface area contributed by atoms with Crippen molar-refractivity contribution in [1.29, 1.82) is 0 Å². The molecule has 1 nitrogen and oxygen atoms in total. The zero-order chi connectivity index (χ0) is 12.3. The van der Waals surface area contributed by atoms with Crippen LogP contribution in [-0.2, 0) is 0 Å². The molecule has 0 atom stereocenters. The predicted molar refractivity (Wildman–Crippen MR) is 77.2 cm³/mol. The average Bonchev–Trinajstić information content (AvgIpc) is 2.91. The fourth-order valence-electron chi connectivity index (χ4n) is 3.53. The third kappa shape index (κ3) is 1.19. The van der Waals surface area contributed by atoms with Crippen LogP contribution in [0.25, 0.3) is 0 Å². The molecule has 4 rings (SSSR count). The molecule has 0 saturated carbocycles. The molecule has 0 amide bonds. The predicted octanol–water partition coefficient (Wildman–Crippen LogP) is 4.15. The molecule has 0 aromatic heterocycles. The second-order valence-electron chi connectivity index (χ2n) is 5.29. The Kier molecular flexibility index (Phi) is 2.18. The first-order valence-electron chi connectivity index (χ1n) is 6.42. The lowest BCUT2D eigenvalue weighted by Crippen LogP contribution is -2.06. The van der Waals surface area contributed by atoms with Crippen molar-refractivity contribution in [3.63, 3.8) is 0 Å². The van der Waals surface area contributed by atoms with Gasteiger partial charge in [0.2, 0.25) is 0 Å². The number of fused-ring (bicyclic) bond motifs is 8. The summed E-state index contributed by atoms with van der Waals surface area (Å²) in [5, 5.41) is 0. The van der Waals surface area contributed by atoms with Gasteiger partial charge in [0.1, 0.15) is 0 Å². The number of nitrogens with zero attached hydrogens (tertiary/aromatic N) is 1. The van der Waals surface area contributed by atoms with Crippen molar-refractivity contribution in [3.8, 4) is 0 Å². The summed E-state index contributed by atoms with van der Waals surface area (Å²) in [5.41, 5.74) is 7.55. The van der Waals surface area contributed by atoms with Crippen molar-refractivity contribution in [3.05, 3.63) is 70.8 Å². The maximum atomic E-state index is 2.46. The van der Waals surface area contributed by atoms with Crippen LogP contribution >= 0.6 is 8.07 Å². The Hall–Kier alpha value is -1.17. The second kappa shape index (κ2) is 3.66. The standard InChI is InChI=1S/C16H16NP/c1-17(2)18-15-11-7-3-4-8-12(11)16(18)14-10-6-5-9-13(14)15/h3-10,15-16H,1-2H3. The van der Waals surface area contributed by atoms with Crippen LogP contribution in [0.2, 0.25) is 0 Å². The Morgan fingerprint density at radius 1 is 0.722 bits per heavy atom. The van der Waals surface area contributed by atoms with E-state index in [1.165, 1.54) is 0 Å². The molecule has 0 saturated heterocycles. The summed E-state index contributed by atoms with van der Waals surface area (Å²) in [4.78, 5) is 0. The largest absolute Gasteiger partial charge is 0.287 e. The lowest BCUT2D eigenvalue weighted by atomic mass is 9.86. The molecule has 2 heteroatoms. The van der Waals surface area contributed by atoms with Gasteiger partial charge < -0.3 is 0 Å².